The minimum atomic E-state index is -0.597. The number of phenolic OH excluding ortho intramolecular Hbond substituents is 1. The lowest BCUT2D eigenvalue weighted by molar-refractivity contribution is -0.136. The molecule has 12 nitrogen and oxygen atoms in total. The molecular formula is C41H44N6O6. The van der Waals surface area contributed by atoms with Crippen LogP contribution in [0.1, 0.15) is 78.8 Å². The van der Waals surface area contributed by atoms with Gasteiger partial charge in [-0.05, 0) is 124 Å². The summed E-state index contributed by atoms with van der Waals surface area (Å²) in [7, 11) is 0. The number of carbonyl (C=O) groups excluding carboxylic acids is 3. The number of amides is 3. The number of benzene rings is 3. The van der Waals surface area contributed by atoms with Crippen molar-refractivity contribution >= 4 is 34.3 Å². The van der Waals surface area contributed by atoms with Gasteiger partial charge in [0.25, 0.3) is 11.5 Å². The third kappa shape index (κ3) is 6.48. The van der Waals surface area contributed by atoms with E-state index in [1.54, 1.807) is 17.3 Å². The van der Waals surface area contributed by atoms with Crippen molar-refractivity contribution < 1.29 is 24.2 Å². The number of anilines is 1. The molecule has 274 valence electrons. The molecule has 2 N–H and O–H groups in total. The molecule has 4 aliphatic heterocycles. The average Bonchev–Trinajstić information content (AvgIpc) is 3.48. The van der Waals surface area contributed by atoms with E-state index in [1.165, 1.54) is 22.3 Å². The van der Waals surface area contributed by atoms with Gasteiger partial charge in [-0.2, -0.15) is 0 Å². The number of hydrogen-bond donors (Lipinski definition) is 2. The number of hydrogen-bond acceptors (Lipinski definition) is 9. The second-order valence-electron chi connectivity index (χ2n) is 15.3. The highest BCUT2D eigenvalue weighted by molar-refractivity contribution is 6.05. The van der Waals surface area contributed by atoms with E-state index in [9.17, 15) is 24.3 Å². The molecule has 1 saturated carbocycles. The number of aromatic nitrogens is 2. The summed E-state index contributed by atoms with van der Waals surface area (Å²) < 4.78 is 8.12. The lowest BCUT2D eigenvalue weighted by Crippen LogP contribution is -2.52. The Hall–Kier alpha value is -5.07. The second-order valence-corrected chi connectivity index (χ2v) is 15.3. The van der Waals surface area contributed by atoms with Crippen LogP contribution in [-0.2, 0) is 20.9 Å². The normalized spacial score (nSPS) is 24.4. The van der Waals surface area contributed by atoms with Gasteiger partial charge in [0.1, 0.15) is 18.1 Å². The third-order valence-corrected chi connectivity index (χ3v) is 12.2. The Morgan fingerprint density at radius 1 is 0.792 bits per heavy atom. The fourth-order valence-corrected chi connectivity index (χ4v) is 9.03. The van der Waals surface area contributed by atoms with Crippen molar-refractivity contribution in [3.05, 3.63) is 94.0 Å². The van der Waals surface area contributed by atoms with Crippen molar-refractivity contribution in [2.45, 2.75) is 88.1 Å². The number of carbonyl (C=O) groups is 3. The number of likely N-dealkylation sites (tertiary alicyclic amines) is 1. The van der Waals surface area contributed by atoms with Crippen LogP contribution in [0.25, 0.3) is 16.6 Å². The number of rotatable bonds is 7. The summed E-state index contributed by atoms with van der Waals surface area (Å²) in [6.45, 7) is 4.36. The summed E-state index contributed by atoms with van der Waals surface area (Å²) >= 11 is 0. The molecule has 12 heteroatoms. The second kappa shape index (κ2) is 13.7. The number of aromatic hydroxyl groups is 1. The predicted octanol–water partition coefficient (Wildman–Crippen LogP) is 4.25. The molecule has 0 bridgehead atoms. The van der Waals surface area contributed by atoms with Gasteiger partial charge >= 0.3 is 0 Å². The molecule has 1 unspecified atom stereocenters. The van der Waals surface area contributed by atoms with Gasteiger partial charge < -0.3 is 24.5 Å². The molecule has 0 radical (unpaired) electrons. The Balaban J connectivity index is 0.719. The highest BCUT2D eigenvalue weighted by atomic mass is 16.5. The molecule has 3 saturated heterocycles. The van der Waals surface area contributed by atoms with Crippen LogP contribution in [0.5, 0.6) is 5.75 Å². The maximum Gasteiger partial charge on any atom is 0.265 e. The van der Waals surface area contributed by atoms with E-state index in [1.807, 2.05) is 24.3 Å². The molecule has 5 aliphatic rings. The zero-order valence-electron chi connectivity index (χ0n) is 29.7. The molecule has 1 atom stereocenters. The van der Waals surface area contributed by atoms with Gasteiger partial charge in [0.15, 0.2) is 0 Å². The van der Waals surface area contributed by atoms with Crippen molar-refractivity contribution in [1.82, 2.24) is 24.7 Å². The van der Waals surface area contributed by atoms with Gasteiger partial charge in [0, 0.05) is 43.3 Å². The van der Waals surface area contributed by atoms with Gasteiger partial charge in [-0.3, -0.25) is 29.1 Å². The van der Waals surface area contributed by atoms with Crippen LogP contribution in [0.3, 0.4) is 0 Å². The van der Waals surface area contributed by atoms with Crippen LogP contribution in [0.4, 0.5) is 5.69 Å². The Labute approximate surface area is 307 Å². The highest BCUT2D eigenvalue weighted by Gasteiger charge is 2.40. The van der Waals surface area contributed by atoms with Crippen molar-refractivity contribution in [3.63, 3.8) is 0 Å². The molecule has 3 aromatic carbocycles. The smallest absolute Gasteiger partial charge is 0.265 e. The van der Waals surface area contributed by atoms with Crippen LogP contribution in [0.2, 0.25) is 0 Å². The number of nitrogens with one attached hydrogen (secondary N) is 1. The van der Waals surface area contributed by atoms with E-state index in [4.69, 9.17) is 4.74 Å². The standard InChI is InChI=1S/C41H44N6O6/c48-31-6-8-36-35(22-31)41(52)47(24-42-36)28-3-1-25(2-4-28)26-11-15-45(16-12-26)30-20-33(21-30)53-32-13-17-44(18-14-32)29-5-7-34-27(19-29)23-46(40(34)51)37-9-10-38(49)43-39(37)50/h1-8,19,22,24,26,30,32-33,37,48H,9-18,20-21,23H2,(H,43,49,50)/t30-,33-,37?. The van der Waals surface area contributed by atoms with Crippen LogP contribution < -0.4 is 15.8 Å². The number of imide groups is 1. The predicted molar refractivity (Wildman–Crippen MR) is 198 cm³/mol. The minimum Gasteiger partial charge on any atom is -0.508 e. The van der Waals surface area contributed by atoms with Crippen molar-refractivity contribution in [1.29, 1.82) is 0 Å². The molecule has 5 heterocycles. The van der Waals surface area contributed by atoms with Crippen molar-refractivity contribution in [3.8, 4) is 11.4 Å². The number of ether oxygens (including phenoxy) is 1. The van der Waals surface area contributed by atoms with E-state index in [0.29, 0.717) is 47.5 Å². The van der Waals surface area contributed by atoms with Gasteiger partial charge in [-0.25, -0.2) is 4.98 Å². The Bertz CT molecular complexity index is 2130. The summed E-state index contributed by atoms with van der Waals surface area (Å²) in [5, 5.41) is 12.6. The fourth-order valence-electron chi connectivity index (χ4n) is 9.03. The van der Waals surface area contributed by atoms with E-state index in [0.717, 1.165) is 81.6 Å². The monoisotopic (exact) mass is 716 g/mol. The lowest BCUT2D eigenvalue weighted by Gasteiger charge is -2.47. The summed E-state index contributed by atoms with van der Waals surface area (Å²) in [5.41, 5.74) is 5.12. The first-order valence-corrected chi connectivity index (χ1v) is 19.0. The molecule has 0 spiro atoms. The molecule has 53 heavy (non-hydrogen) atoms. The van der Waals surface area contributed by atoms with Gasteiger partial charge in [0.2, 0.25) is 11.8 Å². The van der Waals surface area contributed by atoms with Gasteiger partial charge in [-0.1, -0.05) is 12.1 Å². The highest BCUT2D eigenvalue weighted by Crippen LogP contribution is 2.37. The average molecular weight is 717 g/mol. The summed E-state index contributed by atoms with van der Waals surface area (Å²) in [6, 6.07) is 18.9. The Morgan fingerprint density at radius 3 is 2.30 bits per heavy atom. The third-order valence-electron chi connectivity index (χ3n) is 12.2. The van der Waals surface area contributed by atoms with Crippen molar-refractivity contribution in [2.75, 3.05) is 31.1 Å². The van der Waals surface area contributed by atoms with E-state index < -0.39 is 6.04 Å². The SMILES string of the molecule is O=C1CCC(N2Cc3cc(N4CCC(O[C@H]5C[C@H](N6CCC(c7ccc(-n8cnc9ccc(O)cc9c8=O)cc7)CC6)C5)CC4)ccc3C2=O)C(=O)N1. The number of phenols is 1. The van der Waals surface area contributed by atoms with Crippen LogP contribution in [0.15, 0.2) is 71.8 Å². The molecular weight excluding hydrogens is 672 g/mol. The minimum absolute atomic E-state index is 0.0516. The fraction of sp³-hybridized carbons (Fsp3) is 0.439. The molecule has 1 aliphatic carbocycles. The van der Waals surface area contributed by atoms with Crippen LogP contribution >= 0.6 is 0 Å². The lowest BCUT2D eigenvalue weighted by atomic mass is 9.83. The summed E-state index contributed by atoms with van der Waals surface area (Å²) in [5.74, 6) is -0.249. The Morgan fingerprint density at radius 2 is 1.55 bits per heavy atom. The molecule has 3 amide bonds. The maximum atomic E-state index is 13.1. The zero-order valence-corrected chi connectivity index (χ0v) is 29.7. The van der Waals surface area contributed by atoms with Gasteiger partial charge in [0.05, 0.1) is 28.8 Å². The summed E-state index contributed by atoms with van der Waals surface area (Å²) in [4.78, 5) is 61.2. The molecule has 9 rings (SSSR count). The molecule has 4 aromatic rings. The molecule has 1 aromatic heterocycles. The zero-order chi connectivity index (χ0) is 36.2. The van der Waals surface area contributed by atoms with Crippen LogP contribution in [-0.4, -0.2) is 92.6 Å². The Kier molecular flexibility index (Phi) is 8.74. The number of piperidine rings is 3. The maximum absolute atomic E-state index is 13.1. The van der Waals surface area contributed by atoms with Crippen molar-refractivity contribution in [2.24, 2.45) is 0 Å². The van der Waals surface area contributed by atoms with E-state index in [2.05, 4.69) is 38.3 Å². The number of nitrogens with zero attached hydrogens (tertiary/aromatic N) is 5. The topological polar surface area (TPSA) is 137 Å². The van der Waals surface area contributed by atoms with Gasteiger partial charge in [-0.15, -0.1) is 0 Å². The first-order chi connectivity index (χ1) is 25.8. The largest absolute Gasteiger partial charge is 0.508 e. The van der Waals surface area contributed by atoms with Crippen LogP contribution in [0, 0.1) is 0 Å². The number of fused-ring (bicyclic) bond motifs is 2. The first kappa shape index (κ1) is 33.7. The quantitative estimate of drug-likeness (QED) is 0.269. The summed E-state index contributed by atoms with van der Waals surface area (Å²) in [6.07, 6.45) is 9.11. The van der Waals surface area contributed by atoms with E-state index in [-0.39, 0.29) is 41.6 Å². The molecule has 4 fully saturated rings. The first-order valence-electron chi connectivity index (χ1n) is 19.0. The van der Waals surface area contributed by atoms with E-state index >= 15 is 0 Å².